The molecule has 1 rings (SSSR count). The number of nitrogen functional groups attached to an aromatic ring is 1. The Bertz CT molecular complexity index is 595. The Kier molecular flexibility index (Phi) is 6.17. The largest absolute Gasteiger partial charge is 0.399 e. The summed E-state index contributed by atoms with van der Waals surface area (Å²) in [6.45, 7) is 6.42. The van der Waals surface area contributed by atoms with Crippen LogP contribution in [-0.2, 0) is 21.2 Å². The first-order valence-electron chi connectivity index (χ1n) is 7.01. The molecule has 0 heterocycles. The first-order chi connectivity index (χ1) is 9.85. The summed E-state index contributed by atoms with van der Waals surface area (Å²) in [5.41, 5.74) is 6.71. The van der Waals surface area contributed by atoms with Gasteiger partial charge < -0.3 is 10.6 Å². The predicted molar refractivity (Wildman–Crippen MR) is 83.3 cm³/mol. The molecule has 1 aromatic carbocycles. The molecule has 0 fully saturated rings. The quantitative estimate of drug-likeness (QED) is 0.734. The SMILES string of the molecule is CCc1ccc(N)cc1S(=O)(=O)NCC(=O)N(CC)CC. The van der Waals surface area contributed by atoms with Crippen molar-refractivity contribution in [2.45, 2.75) is 32.1 Å². The summed E-state index contributed by atoms with van der Waals surface area (Å²) in [4.78, 5) is 13.6. The number of amides is 1. The third-order valence-electron chi connectivity index (χ3n) is 3.29. The van der Waals surface area contributed by atoms with Crippen molar-refractivity contribution >= 4 is 21.6 Å². The molecule has 0 aliphatic heterocycles. The number of benzene rings is 1. The summed E-state index contributed by atoms with van der Waals surface area (Å²) in [6.07, 6.45) is 0.570. The highest BCUT2D eigenvalue weighted by Gasteiger charge is 2.20. The van der Waals surface area contributed by atoms with E-state index in [1.165, 1.54) is 6.07 Å². The summed E-state index contributed by atoms with van der Waals surface area (Å²) in [5, 5.41) is 0. The predicted octanol–water partition coefficient (Wildman–Crippen LogP) is 0.978. The molecule has 0 atom stereocenters. The zero-order valence-electron chi connectivity index (χ0n) is 12.7. The molecule has 3 N–H and O–H groups in total. The highest BCUT2D eigenvalue weighted by molar-refractivity contribution is 7.89. The lowest BCUT2D eigenvalue weighted by molar-refractivity contribution is -0.129. The van der Waals surface area contributed by atoms with E-state index in [4.69, 9.17) is 5.73 Å². The molecule has 6 nitrogen and oxygen atoms in total. The molecular formula is C14H23N3O3S. The third-order valence-corrected chi connectivity index (χ3v) is 4.77. The normalized spacial score (nSPS) is 11.4. The van der Waals surface area contributed by atoms with E-state index in [1.807, 2.05) is 20.8 Å². The van der Waals surface area contributed by atoms with Gasteiger partial charge in [0, 0.05) is 18.8 Å². The Labute approximate surface area is 126 Å². The lowest BCUT2D eigenvalue weighted by Gasteiger charge is -2.19. The van der Waals surface area contributed by atoms with Crippen LogP contribution in [0.15, 0.2) is 23.1 Å². The fourth-order valence-corrected chi connectivity index (χ4v) is 3.35. The monoisotopic (exact) mass is 313 g/mol. The lowest BCUT2D eigenvalue weighted by atomic mass is 10.1. The van der Waals surface area contributed by atoms with E-state index < -0.39 is 10.0 Å². The lowest BCUT2D eigenvalue weighted by Crippen LogP contribution is -2.40. The highest BCUT2D eigenvalue weighted by atomic mass is 32.2. The summed E-state index contributed by atoms with van der Waals surface area (Å²) >= 11 is 0. The second kappa shape index (κ2) is 7.42. The van der Waals surface area contributed by atoms with Crippen LogP contribution in [0.2, 0.25) is 0 Å². The minimum Gasteiger partial charge on any atom is -0.399 e. The number of hydrogen-bond acceptors (Lipinski definition) is 4. The molecule has 0 aromatic heterocycles. The minimum atomic E-state index is -3.75. The molecule has 0 unspecified atom stereocenters. The Balaban J connectivity index is 2.92. The van der Waals surface area contributed by atoms with Gasteiger partial charge in [-0.1, -0.05) is 13.0 Å². The van der Waals surface area contributed by atoms with Gasteiger partial charge in [-0.05, 0) is 38.0 Å². The molecule has 21 heavy (non-hydrogen) atoms. The van der Waals surface area contributed by atoms with E-state index in [0.29, 0.717) is 30.8 Å². The zero-order valence-corrected chi connectivity index (χ0v) is 13.5. The first-order valence-corrected chi connectivity index (χ1v) is 8.49. The summed E-state index contributed by atoms with van der Waals surface area (Å²) in [7, 11) is -3.75. The molecule has 118 valence electrons. The number of aryl methyl sites for hydroxylation is 1. The Morgan fingerprint density at radius 3 is 2.38 bits per heavy atom. The van der Waals surface area contributed by atoms with Crippen LogP contribution in [0.1, 0.15) is 26.3 Å². The average molecular weight is 313 g/mol. The molecule has 0 saturated heterocycles. The summed E-state index contributed by atoms with van der Waals surface area (Å²) in [5.74, 6) is -0.245. The van der Waals surface area contributed by atoms with Gasteiger partial charge >= 0.3 is 0 Å². The fourth-order valence-electron chi connectivity index (χ4n) is 2.04. The molecule has 0 aliphatic carbocycles. The molecule has 0 spiro atoms. The standard InChI is InChI=1S/C14H23N3O3S/c1-4-11-7-8-12(15)9-13(11)21(19,20)16-10-14(18)17(5-2)6-3/h7-9,16H,4-6,10,15H2,1-3H3. The van der Waals surface area contributed by atoms with Gasteiger partial charge in [-0.3, -0.25) is 4.79 Å². The molecule has 1 amide bonds. The van der Waals surface area contributed by atoms with Gasteiger partial charge in [0.15, 0.2) is 0 Å². The van der Waals surface area contributed by atoms with Crippen molar-refractivity contribution in [1.82, 2.24) is 9.62 Å². The molecule has 0 aliphatic rings. The van der Waals surface area contributed by atoms with Crippen LogP contribution < -0.4 is 10.5 Å². The van der Waals surface area contributed by atoms with Crippen molar-refractivity contribution in [3.8, 4) is 0 Å². The number of nitrogens with one attached hydrogen (secondary N) is 1. The second-order valence-corrected chi connectivity index (χ2v) is 6.35. The van der Waals surface area contributed by atoms with Crippen molar-refractivity contribution in [2.24, 2.45) is 0 Å². The fraction of sp³-hybridized carbons (Fsp3) is 0.500. The first kappa shape index (κ1) is 17.5. The molecule has 0 saturated carbocycles. The van der Waals surface area contributed by atoms with Crippen LogP contribution >= 0.6 is 0 Å². The Morgan fingerprint density at radius 2 is 1.86 bits per heavy atom. The molecule has 0 radical (unpaired) electrons. The van der Waals surface area contributed by atoms with Crippen LogP contribution in [0.25, 0.3) is 0 Å². The summed E-state index contributed by atoms with van der Waals surface area (Å²) in [6, 6.07) is 4.78. The van der Waals surface area contributed by atoms with Gasteiger partial charge in [0.2, 0.25) is 15.9 Å². The van der Waals surface area contributed by atoms with Crippen molar-refractivity contribution in [2.75, 3.05) is 25.4 Å². The van der Waals surface area contributed by atoms with Gasteiger partial charge in [-0.15, -0.1) is 0 Å². The zero-order chi connectivity index (χ0) is 16.0. The van der Waals surface area contributed by atoms with Crippen molar-refractivity contribution in [1.29, 1.82) is 0 Å². The molecular weight excluding hydrogens is 290 g/mol. The van der Waals surface area contributed by atoms with Crippen LogP contribution in [0, 0.1) is 0 Å². The van der Waals surface area contributed by atoms with Crippen LogP contribution in [0.3, 0.4) is 0 Å². The van der Waals surface area contributed by atoms with Gasteiger partial charge in [0.05, 0.1) is 11.4 Å². The third kappa shape index (κ3) is 4.44. The maximum atomic E-state index is 12.3. The van der Waals surface area contributed by atoms with E-state index in [-0.39, 0.29) is 17.3 Å². The molecule has 1 aromatic rings. The van der Waals surface area contributed by atoms with Crippen LogP contribution in [0.5, 0.6) is 0 Å². The van der Waals surface area contributed by atoms with E-state index in [2.05, 4.69) is 4.72 Å². The Morgan fingerprint density at radius 1 is 1.24 bits per heavy atom. The number of carbonyl (C=O) groups is 1. The number of nitrogens with zero attached hydrogens (tertiary/aromatic N) is 1. The number of likely N-dealkylation sites (N-methyl/N-ethyl adjacent to an activating group) is 1. The van der Waals surface area contributed by atoms with E-state index in [9.17, 15) is 13.2 Å². The van der Waals surface area contributed by atoms with Crippen molar-refractivity contribution < 1.29 is 13.2 Å². The maximum absolute atomic E-state index is 12.3. The molecule has 0 bridgehead atoms. The van der Waals surface area contributed by atoms with Crippen molar-refractivity contribution in [3.63, 3.8) is 0 Å². The number of sulfonamides is 1. The van der Waals surface area contributed by atoms with E-state index in [1.54, 1.807) is 17.0 Å². The van der Waals surface area contributed by atoms with Gasteiger partial charge in [-0.2, -0.15) is 0 Å². The van der Waals surface area contributed by atoms with Gasteiger partial charge in [0.1, 0.15) is 0 Å². The highest BCUT2D eigenvalue weighted by Crippen LogP contribution is 2.19. The topological polar surface area (TPSA) is 92.5 Å². The van der Waals surface area contributed by atoms with E-state index >= 15 is 0 Å². The summed E-state index contributed by atoms with van der Waals surface area (Å²) < 4.78 is 27.0. The number of carbonyl (C=O) groups excluding carboxylic acids is 1. The minimum absolute atomic E-state index is 0.136. The number of nitrogens with two attached hydrogens (primary N) is 1. The second-order valence-electron chi connectivity index (χ2n) is 4.61. The number of anilines is 1. The average Bonchev–Trinajstić information content (AvgIpc) is 2.46. The van der Waals surface area contributed by atoms with Gasteiger partial charge in [-0.25, -0.2) is 13.1 Å². The van der Waals surface area contributed by atoms with Crippen molar-refractivity contribution in [3.05, 3.63) is 23.8 Å². The van der Waals surface area contributed by atoms with Crippen LogP contribution in [0.4, 0.5) is 5.69 Å². The molecule has 7 heteroatoms. The van der Waals surface area contributed by atoms with Crippen LogP contribution in [-0.4, -0.2) is 38.9 Å². The smallest absolute Gasteiger partial charge is 0.241 e. The van der Waals surface area contributed by atoms with Gasteiger partial charge in [0.25, 0.3) is 0 Å². The number of rotatable bonds is 7. The Hall–Kier alpha value is -1.60. The van der Waals surface area contributed by atoms with E-state index in [0.717, 1.165) is 0 Å². The number of hydrogen-bond donors (Lipinski definition) is 2. The maximum Gasteiger partial charge on any atom is 0.241 e.